The molecule has 0 aliphatic heterocycles. The van der Waals surface area contributed by atoms with E-state index in [0.717, 1.165) is 10.9 Å². The zero-order valence-electron chi connectivity index (χ0n) is 7.27. The Balaban J connectivity index is 2.61. The van der Waals surface area contributed by atoms with Crippen molar-refractivity contribution in [2.75, 3.05) is 5.01 Å². The third kappa shape index (κ3) is 1.20. The van der Waals surface area contributed by atoms with Crippen LogP contribution in [0.5, 0.6) is 0 Å². The minimum Gasteiger partial charge on any atom is -0.464 e. The summed E-state index contributed by atoms with van der Waals surface area (Å²) >= 11 is 0. The number of para-hydroxylation sites is 1. The molecular formula is C9H9N3O2. The predicted molar refractivity (Wildman–Crippen MR) is 53.0 cm³/mol. The van der Waals surface area contributed by atoms with E-state index in [4.69, 9.17) is 10.9 Å². The maximum absolute atomic E-state index is 10.7. The first-order valence-corrected chi connectivity index (χ1v) is 4.04. The number of nitrogens with two attached hydrogens (primary N) is 1. The van der Waals surface area contributed by atoms with E-state index in [1.165, 1.54) is 0 Å². The number of nitrogens with one attached hydrogen (secondary N) is 1. The van der Waals surface area contributed by atoms with Gasteiger partial charge in [0.05, 0.1) is 11.2 Å². The summed E-state index contributed by atoms with van der Waals surface area (Å²) in [6.07, 6.45) is 0.552. The van der Waals surface area contributed by atoms with E-state index >= 15 is 0 Å². The zero-order chi connectivity index (χ0) is 10.1. The van der Waals surface area contributed by atoms with Crippen molar-refractivity contribution in [3.05, 3.63) is 30.5 Å². The van der Waals surface area contributed by atoms with Crippen LogP contribution < -0.4 is 10.9 Å². The zero-order valence-corrected chi connectivity index (χ0v) is 7.27. The molecule has 72 valence electrons. The van der Waals surface area contributed by atoms with Crippen LogP contribution in [0.1, 0.15) is 0 Å². The van der Waals surface area contributed by atoms with E-state index in [2.05, 4.69) is 4.98 Å². The smallest absolute Gasteiger partial charge is 0.426 e. The van der Waals surface area contributed by atoms with Gasteiger partial charge in [0.15, 0.2) is 0 Å². The summed E-state index contributed by atoms with van der Waals surface area (Å²) in [7, 11) is 0. The number of anilines is 1. The summed E-state index contributed by atoms with van der Waals surface area (Å²) in [5.74, 6) is 5.38. The number of hydrogen-bond acceptors (Lipinski definition) is 2. The molecule has 0 saturated carbocycles. The number of carbonyl (C=O) groups is 1. The minimum atomic E-state index is -1.19. The van der Waals surface area contributed by atoms with Gasteiger partial charge in [-0.3, -0.25) is 0 Å². The van der Waals surface area contributed by atoms with Crippen molar-refractivity contribution in [1.29, 1.82) is 0 Å². The highest BCUT2D eigenvalue weighted by atomic mass is 16.4. The number of nitrogens with zero attached hydrogens (tertiary/aromatic N) is 1. The summed E-state index contributed by atoms with van der Waals surface area (Å²) < 4.78 is 0. The molecule has 5 heteroatoms. The molecule has 14 heavy (non-hydrogen) atoms. The summed E-state index contributed by atoms with van der Waals surface area (Å²) in [4.78, 5) is 13.6. The molecule has 0 radical (unpaired) electrons. The Morgan fingerprint density at radius 1 is 1.43 bits per heavy atom. The molecular weight excluding hydrogens is 182 g/mol. The number of rotatable bonds is 1. The molecule has 0 bridgehead atoms. The molecule has 0 aliphatic rings. The van der Waals surface area contributed by atoms with E-state index in [0.29, 0.717) is 10.7 Å². The van der Waals surface area contributed by atoms with Gasteiger partial charge in [0.25, 0.3) is 0 Å². The van der Waals surface area contributed by atoms with Crippen LogP contribution in [0.25, 0.3) is 10.9 Å². The number of aromatic nitrogens is 1. The Morgan fingerprint density at radius 2 is 2.21 bits per heavy atom. The van der Waals surface area contributed by atoms with Gasteiger partial charge in [0, 0.05) is 11.6 Å². The normalized spacial score (nSPS) is 10.4. The molecule has 5 nitrogen and oxygen atoms in total. The van der Waals surface area contributed by atoms with Crippen molar-refractivity contribution in [3.63, 3.8) is 0 Å². The fourth-order valence-corrected chi connectivity index (χ4v) is 1.37. The monoisotopic (exact) mass is 191 g/mol. The highest BCUT2D eigenvalue weighted by Crippen LogP contribution is 2.23. The van der Waals surface area contributed by atoms with Crippen LogP contribution in [0.3, 0.4) is 0 Å². The fraction of sp³-hybridized carbons (Fsp3) is 0. The van der Waals surface area contributed by atoms with Crippen molar-refractivity contribution in [2.24, 2.45) is 5.84 Å². The molecule has 1 aromatic heterocycles. The van der Waals surface area contributed by atoms with Gasteiger partial charge in [-0.15, -0.1) is 0 Å². The van der Waals surface area contributed by atoms with Gasteiger partial charge in [0.2, 0.25) is 0 Å². The predicted octanol–water partition coefficient (Wildman–Crippen LogP) is 1.53. The van der Waals surface area contributed by atoms with E-state index in [1.54, 1.807) is 18.3 Å². The Bertz CT molecular complexity index is 478. The van der Waals surface area contributed by atoms with Crippen LogP contribution >= 0.6 is 0 Å². The van der Waals surface area contributed by atoms with Crippen LogP contribution in [0.15, 0.2) is 30.5 Å². The highest BCUT2D eigenvalue weighted by Gasteiger charge is 2.12. The van der Waals surface area contributed by atoms with Crippen molar-refractivity contribution < 1.29 is 9.90 Å². The number of amides is 1. The molecule has 4 N–H and O–H groups in total. The topological polar surface area (TPSA) is 82.3 Å². The van der Waals surface area contributed by atoms with Gasteiger partial charge >= 0.3 is 6.09 Å². The van der Waals surface area contributed by atoms with E-state index in [-0.39, 0.29) is 0 Å². The van der Waals surface area contributed by atoms with Gasteiger partial charge in [0.1, 0.15) is 0 Å². The van der Waals surface area contributed by atoms with E-state index < -0.39 is 6.09 Å². The van der Waals surface area contributed by atoms with Crippen molar-refractivity contribution >= 4 is 22.7 Å². The van der Waals surface area contributed by atoms with Crippen LogP contribution in [0.4, 0.5) is 10.5 Å². The molecule has 0 aliphatic carbocycles. The molecule has 0 atom stereocenters. The quantitative estimate of drug-likeness (QED) is 0.363. The van der Waals surface area contributed by atoms with Crippen LogP contribution in [0, 0.1) is 0 Å². The number of carboxylic acid groups (broad SMARTS) is 1. The van der Waals surface area contributed by atoms with Gasteiger partial charge in [-0.1, -0.05) is 12.1 Å². The first-order valence-electron chi connectivity index (χ1n) is 4.04. The molecule has 0 fully saturated rings. The molecule has 0 saturated heterocycles. The largest absolute Gasteiger partial charge is 0.464 e. The lowest BCUT2D eigenvalue weighted by molar-refractivity contribution is 0.202. The highest BCUT2D eigenvalue weighted by molar-refractivity contribution is 5.98. The Hall–Kier alpha value is -2.01. The van der Waals surface area contributed by atoms with Gasteiger partial charge < -0.3 is 10.1 Å². The molecule has 1 heterocycles. The number of benzene rings is 1. The summed E-state index contributed by atoms with van der Waals surface area (Å²) in [6, 6.07) is 7.14. The third-order valence-corrected chi connectivity index (χ3v) is 2.03. The van der Waals surface area contributed by atoms with Crippen molar-refractivity contribution in [3.8, 4) is 0 Å². The SMILES string of the molecule is NN(C(=O)O)c1cccc2cc[nH]c12. The lowest BCUT2D eigenvalue weighted by atomic mass is 10.2. The second kappa shape index (κ2) is 3.04. The van der Waals surface area contributed by atoms with Gasteiger partial charge in [-0.2, -0.15) is 0 Å². The van der Waals surface area contributed by atoms with Crippen LogP contribution in [-0.4, -0.2) is 16.2 Å². The molecule has 2 aromatic rings. The number of aromatic amines is 1. The second-order valence-corrected chi connectivity index (χ2v) is 2.87. The average Bonchev–Trinajstić information content (AvgIpc) is 2.63. The minimum absolute atomic E-state index is 0.444. The summed E-state index contributed by atoms with van der Waals surface area (Å²) in [5, 5.41) is 10.3. The molecule has 2 rings (SSSR count). The molecule has 1 aromatic carbocycles. The maximum atomic E-state index is 10.7. The van der Waals surface area contributed by atoms with Gasteiger partial charge in [-0.05, 0) is 12.1 Å². The lowest BCUT2D eigenvalue weighted by Gasteiger charge is -2.12. The van der Waals surface area contributed by atoms with E-state index in [1.807, 2.05) is 12.1 Å². The fourth-order valence-electron chi connectivity index (χ4n) is 1.37. The number of hydrazine groups is 1. The molecule has 0 spiro atoms. The first-order chi connectivity index (χ1) is 6.70. The second-order valence-electron chi connectivity index (χ2n) is 2.87. The van der Waals surface area contributed by atoms with E-state index in [9.17, 15) is 4.79 Å². The Labute approximate surface area is 79.7 Å². The van der Waals surface area contributed by atoms with Gasteiger partial charge in [-0.25, -0.2) is 15.6 Å². The average molecular weight is 191 g/mol. The maximum Gasteiger partial charge on any atom is 0.426 e. The molecule has 1 amide bonds. The van der Waals surface area contributed by atoms with Crippen LogP contribution in [-0.2, 0) is 0 Å². The Kier molecular flexibility index (Phi) is 1.86. The number of hydrogen-bond donors (Lipinski definition) is 3. The Morgan fingerprint density at radius 3 is 2.93 bits per heavy atom. The summed E-state index contributed by atoms with van der Waals surface area (Å²) in [5.41, 5.74) is 1.16. The van der Waals surface area contributed by atoms with Crippen molar-refractivity contribution in [1.82, 2.24) is 4.98 Å². The lowest BCUT2D eigenvalue weighted by Crippen LogP contribution is -2.36. The molecule has 0 unspecified atom stereocenters. The third-order valence-electron chi connectivity index (χ3n) is 2.03. The number of H-pyrrole nitrogens is 1. The summed E-state index contributed by atoms with van der Waals surface area (Å²) in [6.45, 7) is 0. The standard InChI is InChI=1S/C9H9N3O2/c10-12(9(13)14)7-3-1-2-6-4-5-11-8(6)7/h1-5,11H,10H2,(H,13,14). The van der Waals surface area contributed by atoms with Crippen LogP contribution in [0.2, 0.25) is 0 Å². The van der Waals surface area contributed by atoms with Crippen molar-refractivity contribution in [2.45, 2.75) is 0 Å². The number of fused-ring (bicyclic) bond motifs is 1. The first kappa shape index (κ1) is 8.58.